The highest BCUT2D eigenvalue weighted by atomic mass is 79.9. The molecule has 7 heteroatoms. The van der Waals surface area contributed by atoms with Gasteiger partial charge >= 0.3 is 5.97 Å². The first kappa shape index (κ1) is 17.2. The Morgan fingerprint density at radius 2 is 1.81 bits per heavy atom. The molecule has 0 bridgehead atoms. The maximum atomic E-state index is 11.9. The fourth-order valence-corrected chi connectivity index (χ4v) is 2.11. The topological polar surface area (TPSA) is 109 Å². The quantitative estimate of drug-likeness (QED) is 0.685. The van der Waals surface area contributed by atoms with Gasteiger partial charge in [0, 0.05) is 10.9 Å². The number of carbonyl (C=O) groups is 3. The monoisotopic (exact) mass is 356 g/mol. The summed E-state index contributed by atoms with van der Waals surface area (Å²) in [4.78, 5) is 33.6. The van der Waals surface area contributed by atoms with Crippen LogP contribution in [-0.2, 0) is 14.4 Å². The Morgan fingerprint density at radius 1 is 1.24 bits per heavy atom. The molecule has 0 heterocycles. The molecular formula is C14H17BrN2O4. The Hall–Kier alpha value is -1.89. The molecule has 2 amide bonds. The Labute approximate surface area is 130 Å². The van der Waals surface area contributed by atoms with E-state index in [0.29, 0.717) is 0 Å². The minimum atomic E-state index is -1.29. The van der Waals surface area contributed by atoms with Crippen LogP contribution in [0.3, 0.4) is 0 Å². The van der Waals surface area contributed by atoms with Crippen molar-refractivity contribution < 1.29 is 19.5 Å². The van der Waals surface area contributed by atoms with E-state index in [1.807, 2.05) is 31.2 Å². The first-order chi connectivity index (χ1) is 9.79. The normalized spacial score (nSPS) is 13.2. The smallest absolute Gasteiger partial charge is 0.326 e. The number of amides is 2. The van der Waals surface area contributed by atoms with Crippen LogP contribution in [0.2, 0.25) is 0 Å². The van der Waals surface area contributed by atoms with Crippen molar-refractivity contribution in [2.45, 2.75) is 31.7 Å². The number of carboxylic acid groups (broad SMARTS) is 1. The minimum absolute atomic E-state index is 0.0684. The first-order valence-corrected chi connectivity index (χ1v) is 7.14. The first-order valence-electron chi connectivity index (χ1n) is 6.35. The van der Waals surface area contributed by atoms with Gasteiger partial charge in [0.25, 0.3) is 0 Å². The second-order valence-electron chi connectivity index (χ2n) is 4.79. The molecule has 21 heavy (non-hydrogen) atoms. The van der Waals surface area contributed by atoms with E-state index in [0.717, 1.165) is 10.0 Å². The number of rotatable bonds is 7. The molecule has 1 rings (SSSR count). The molecule has 114 valence electrons. The van der Waals surface area contributed by atoms with Crippen LogP contribution in [0.25, 0.3) is 0 Å². The summed E-state index contributed by atoms with van der Waals surface area (Å²) in [6, 6.07) is 6.24. The van der Waals surface area contributed by atoms with Crippen molar-refractivity contribution in [2.24, 2.45) is 5.73 Å². The summed E-state index contributed by atoms with van der Waals surface area (Å²) in [5.41, 5.74) is 5.92. The fraction of sp³-hybridized carbons (Fsp3) is 0.357. The lowest BCUT2D eigenvalue weighted by molar-refractivity contribution is -0.143. The zero-order chi connectivity index (χ0) is 16.0. The fourth-order valence-electron chi connectivity index (χ4n) is 1.84. The van der Waals surface area contributed by atoms with Gasteiger partial charge in [0.15, 0.2) is 0 Å². The number of halogens is 1. The molecule has 2 unspecified atom stereocenters. The largest absolute Gasteiger partial charge is 0.480 e. The van der Waals surface area contributed by atoms with Gasteiger partial charge in [-0.05, 0) is 23.6 Å². The summed E-state index contributed by atoms with van der Waals surface area (Å²) >= 11 is 3.33. The van der Waals surface area contributed by atoms with Crippen LogP contribution >= 0.6 is 15.9 Å². The van der Waals surface area contributed by atoms with Crippen LogP contribution in [0.4, 0.5) is 0 Å². The van der Waals surface area contributed by atoms with Crippen LogP contribution < -0.4 is 11.1 Å². The number of carbonyl (C=O) groups excluding carboxylic acids is 2. The van der Waals surface area contributed by atoms with Gasteiger partial charge in [-0.15, -0.1) is 0 Å². The van der Waals surface area contributed by atoms with Gasteiger partial charge in [-0.3, -0.25) is 9.59 Å². The lowest BCUT2D eigenvalue weighted by Crippen LogP contribution is -2.43. The second kappa shape index (κ2) is 7.78. The number of nitrogens with two attached hydrogens (primary N) is 1. The third kappa shape index (κ3) is 5.95. The molecule has 1 aromatic carbocycles. The van der Waals surface area contributed by atoms with Crippen LogP contribution in [0.5, 0.6) is 0 Å². The molecule has 1 aromatic rings. The molecule has 0 aliphatic rings. The van der Waals surface area contributed by atoms with Crippen LogP contribution in [-0.4, -0.2) is 28.9 Å². The van der Waals surface area contributed by atoms with Crippen LogP contribution in [0, 0.1) is 0 Å². The number of hydrogen-bond donors (Lipinski definition) is 3. The SMILES string of the molecule is CC(CC(=O)NC(CC(N)=O)C(=O)O)c1ccc(Br)cc1. The zero-order valence-electron chi connectivity index (χ0n) is 11.5. The van der Waals surface area contributed by atoms with E-state index in [1.165, 1.54) is 0 Å². The van der Waals surface area contributed by atoms with Crippen molar-refractivity contribution in [1.29, 1.82) is 0 Å². The molecule has 0 aliphatic heterocycles. The van der Waals surface area contributed by atoms with Crippen molar-refractivity contribution in [3.63, 3.8) is 0 Å². The maximum Gasteiger partial charge on any atom is 0.326 e. The van der Waals surface area contributed by atoms with Crippen molar-refractivity contribution in [2.75, 3.05) is 0 Å². The highest BCUT2D eigenvalue weighted by molar-refractivity contribution is 9.10. The molecule has 0 radical (unpaired) electrons. The molecule has 0 spiro atoms. The molecule has 0 saturated carbocycles. The standard InChI is InChI=1S/C14H17BrN2O4/c1-8(9-2-4-10(15)5-3-9)6-13(19)17-11(14(20)21)7-12(16)18/h2-5,8,11H,6-7H2,1H3,(H2,16,18)(H,17,19)(H,20,21). The summed E-state index contributed by atoms with van der Waals surface area (Å²) in [5, 5.41) is 11.2. The average molecular weight is 357 g/mol. The Morgan fingerprint density at radius 3 is 2.29 bits per heavy atom. The Balaban J connectivity index is 2.61. The summed E-state index contributed by atoms with van der Waals surface area (Å²) < 4.78 is 0.940. The molecule has 0 aromatic heterocycles. The van der Waals surface area contributed by atoms with E-state index in [9.17, 15) is 14.4 Å². The van der Waals surface area contributed by atoms with Crippen molar-refractivity contribution in [1.82, 2.24) is 5.32 Å². The van der Waals surface area contributed by atoms with Gasteiger partial charge < -0.3 is 16.2 Å². The highest BCUT2D eigenvalue weighted by Gasteiger charge is 2.23. The Kier molecular flexibility index (Phi) is 6.36. The summed E-state index contributed by atoms with van der Waals surface area (Å²) in [7, 11) is 0. The van der Waals surface area contributed by atoms with E-state index in [2.05, 4.69) is 21.2 Å². The molecule has 0 fully saturated rings. The van der Waals surface area contributed by atoms with Crippen molar-refractivity contribution >= 4 is 33.7 Å². The van der Waals surface area contributed by atoms with Gasteiger partial charge in [-0.25, -0.2) is 4.79 Å². The van der Waals surface area contributed by atoms with Gasteiger partial charge in [0.1, 0.15) is 6.04 Å². The highest BCUT2D eigenvalue weighted by Crippen LogP contribution is 2.21. The summed E-state index contributed by atoms with van der Waals surface area (Å²) in [6.07, 6.45) is -0.294. The van der Waals surface area contributed by atoms with Gasteiger partial charge in [0.2, 0.25) is 11.8 Å². The maximum absolute atomic E-state index is 11.9. The van der Waals surface area contributed by atoms with Gasteiger partial charge in [-0.2, -0.15) is 0 Å². The van der Waals surface area contributed by atoms with E-state index in [4.69, 9.17) is 10.8 Å². The Bertz CT molecular complexity index is 530. The van der Waals surface area contributed by atoms with Gasteiger partial charge in [-0.1, -0.05) is 35.0 Å². The summed E-state index contributed by atoms with van der Waals surface area (Å²) in [5.74, 6) is -2.55. The molecule has 6 nitrogen and oxygen atoms in total. The second-order valence-corrected chi connectivity index (χ2v) is 5.70. The molecule has 0 saturated heterocycles. The van der Waals surface area contributed by atoms with Crippen molar-refractivity contribution in [3.05, 3.63) is 34.3 Å². The third-order valence-corrected chi connectivity index (χ3v) is 3.50. The molecule has 4 N–H and O–H groups in total. The van der Waals surface area contributed by atoms with Crippen LogP contribution in [0.15, 0.2) is 28.7 Å². The third-order valence-electron chi connectivity index (χ3n) is 2.97. The number of primary amides is 1. The van der Waals surface area contributed by atoms with E-state index in [1.54, 1.807) is 0 Å². The zero-order valence-corrected chi connectivity index (χ0v) is 13.1. The predicted octanol–water partition coefficient (Wildman–Crippen LogP) is 1.39. The lowest BCUT2D eigenvalue weighted by Gasteiger charge is -2.16. The van der Waals surface area contributed by atoms with E-state index < -0.39 is 30.2 Å². The number of carboxylic acids is 1. The van der Waals surface area contributed by atoms with Crippen LogP contribution in [0.1, 0.15) is 31.2 Å². The number of hydrogen-bond acceptors (Lipinski definition) is 3. The molecular weight excluding hydrogens is 340 g/mol. The summed E-state index contributed by atoms with van der Waals surface area (Å²) in [6.45, 7) is 1.87. The van der Waals surface area contributed by atoms with E-state index >= 15 is 0 Å². The van der Waals surface area contributed by atoms with Gasteiger partial charge in [0.05, 0.1) is 6.42 Å². The number of benzene rings is 1. The van der Waals surface area contributed by atoms with Crippen molar-refractivity contribution in [3.8, 4) is 0 Å². The molecule has 0 aliphatic carbocycles. The lowest BCUT2D eigenvalue weighted by atomic mass is 9.97. The predicted molar refractivity (Wildman–Crippen MR) is 80.6 cm³/mol. The number of aliphatic carboxylic acids is 1. The average Bonchev–Trinajstić information content (AvgIpc) is 2.37. The minimum Gasteiger partial charge on any atom is -0.480 e. The van der Waals surface area contributed by atoms with E-state index in [-0.39, 0.29) is 12.3 Å². The molecule has 2 atom stereocenters. The number of nitrogens with one attached hydrogen (secondary N) is 1.